The summed E-state index contributed by atoms with van der Waals surface area (Å²) in [5.41, 5.74) is 0. The molecule has 0 radical (unpaired) electrons. The van der Waals surface area contributed by atoms with E-state index in [9.17, 15) is 4.79 Å². The van der Waals surface area contributed by atoms with Gasteiger partial charge in [-0.2, -0.15) is 0 Å². The Bertz CT molecular complexity index is 886. The molecule has 1 heterocycles. The Labute approximate surface area is 168 Å². The standard InChI is InChI=1S/C23H30O4Si/c1-23(2,3)28(4,5)27-18-13-19-20(14-18)22(26-21(19)24)25-17-11-10-15-8-6-7-9-16(15)12-17/h6-12,18-20,22H,13-14H2,1-5H3/t18-,19+,20-,22-/m0/s1. The molecule has 0 N–H and O–H groups in total. The second-order valence-electron chi connectivity index (χ2n) is 9.67. The van der Waals surface area contributed by atoms with Crippen molar-refractivity contribution < 1.29 is 18.7 Å². The van der Waals surface area contributed by atoms with E-state index in [1.807, 2.05) is 30.3 Å². The first kappa shape index (κ1) is 19.5. The Hall–Kier alpha value is -1.85. The van der Waals surface area contributed by atoms with E-state index < -0.39 is 14.6 Å². The summed E-state index contributed by atoms with van der Waals surface area (Å²) >= 11 is 0. The average Bonchev–Trinajstić information content (AvgIpc) is 3.14. The fourth-order valence-corrected chi connectivity index (χ4v) is 5.44. The smallest absolute Gasteiger partial charge is 0.312 e. The minimum Gasteiger partial charge on any atom is -0.454 e. The number of cyclic esters (lactones) is 1. The van der Waals surface area contributed by atoms with Crippen molar-refractivity contribution in [2.75, 3.05) is 0 Å². The Morgan fingerprint density at radius 1 is 1.04 bits per heavy atom. The SMILES string of the molecule is CC(C)(C)[Si](C)(C)O[C@@H]1C[C@@H]2[C@@H](Oc3ccc4ccccc4c3)OC(=O)[C@@H]2C1. The van der Waals surface area contributed by atoms with Gasteiger partial charge in [0.05, 0.1) is 5.92 Å². The maximum absolute atomic E-state index is 12.4. The van der Waals surface area contributed by atoms with Crippen molar-refractivity contribution in [2.24, 2.45) is 11.8 Å². The van der Waals surface area contributed by atoms with Crippen LogP contribution in [0.2, 0.25) is 18.1 Å². The van der Waals surface area contributed by atoms with Crippen LogP contribution in [0.4, 0.5) is 0 Å². The van der Waals surface area contributed by atoms with Gasteiger partial charge in [0.2, 0.25) is 6.29 Å². The van der Waals surface area contributed by atoms with Crippen molar-refractivity contribution in [2.45, 2.75) is 64.1 Å². The van der Waals surface area contributed by atoms with Crippen molar-refractivity contribution in [3.8, 4) is 5.75 Å². The van der Waals surface area contributed by atoms with Crippen LogP contribution in [0, 0.1) is 11.8 Å². The summed E-state index contributed by atoms with van der Waals surface area (Å²) in [5, 5.41) is 2.44. The molecule has 1 saturated carbocycles. The highest BCUT2D eigenvalue weighted by atomic mass is 28.4. The monoisotopic (exact) mass is 398 g/mol. The molecule has 1 saturated heterocycles. The Morgan fingerprint density at radius 2 is 1.75 bits per heavy atom. The number of benzene rings is 2. The minimum absolute atomic E-state index is 0.0636. The van der Waals surface area contributed by atoms with Gasteiger partial charge in [0.15, 0.2) is 8.32 Å². The predicted octanol–water partition coefficient (Wildman–Crippen LogP) is 5.52. The first-order valence-electron chi connectivity index (χ1n) is 10.2. The van der Waals surface area contributed by atoms with Crippen LogP contribution >= 0.6 is 0 Å². The third kappa shape index (κ3) is 3.58. The van der Waals surface area contributed by atoms with Crippen LogP contribution in [-0.4, -0.2) is 26.7 Å². The van der Waals surface area contributed by atoms with Gasteiger partial charge in [0, 0.05) is 12.0 Å². The van der Waals surface area contributed by atoms with Crippen molar-refractivity contribution in [3.05, 3.63) is 42.5 Å². The number of hydrogen-bond donors (Lipinski definition) is 0. The second kappa shape index (κ2) is 6.89. The Kier molecular flexibility index (Phi) is 4.79. The third-order valence-corrected chi connectivity index (χ3v) is 11.2. The molecule has 1 aliphatic heterocycles. The highest BCUT2D eigenvalue weighted by Gasteiger charge is 2.53. The molecular weight excluding hydrogens is 368 g/mol. The molecule has 0 unspecified atom stereocenters. The molecule has 2 aromatic carbocycles. The molecule has 2 aliphatic rings. The molecule has 150 valence electrons. The topological polar surface area (TPSA) is 44.8 Å². The van der Waals surface area contributed by atoms with E-state index in [0.717, 1.165) is 24.0 Å². The van der Waals surface area contributed by atoms with Gasteiger partial charge in [0.1, 0.15) is 5.75 Å². The maximum atomic E-state index is 12.4. The lowest BCUT2D eigenvalue weighted by atomic mass is 9.99. The molecule has 1 aliphatic carbocycles. The van der Waals surface area contributed by atoms with Crippen molar-refractivity contribution >= 4 is 25.1 Å². The van der Waals surface area contributed by atoms with Crippen LogP contribution in [0.15, 0.2) is 42.5 Å². The molecule has 4 atom stereocenters. The molecule has 28 heavy (non-hydrogen) atoms. The summed E-state index contributed by atoms with van der Waals surface area (Å²) in [4.78, 5) is 12.4. The highest BCUT2D eigenvalue weighted by Crippen LogP contribution is 2.46. The number of esters is 1. The summed E-state index contributed by atoms with van der Waals surface area (Å²) in [6.07, 6.45) is 1.16. The van der Waals surface area contributed by atoms with Crippen LogP contribution in [0.5, 0.6) is 5.75 Å². The number of carbonyl (C=O) groups excluding carboxylic acids is 1. The summed E-state index contributed by atoms with van der Waals surface area (Å²) in [6, 6.07) is 14.2. The summed E-state index contributed by atoms with van der Waals surface area (Å²) in [6.45, 7) is 11.3. The van der Waals surface area contributed by atoms with Gasteiger partial charge in [-0.05, 0) is 53.9 Å². The average molecular weight is 399 g/mol. The molecular formula is C23H30O4Si. The quantitative estimate of drug-likeness (QED) is 0.503. The number of rotatable bonds is 4. The molecule has 4 nitrogen and oxygen atoms in total. The highest BCUT2D eigenvalue weighted by molar-refractivity contribution is 6.74. The lowest BCUT2D eigenvalue weighted by Gasteiger charge is -2.38. The van der Waals surface area contributed by atoms with Gasteiger partial charge in [-0.3, -0.25) is 4.79 Å². The molecule has 0 amide bonds. The lowest BCUT2D eigenvalue weighted by molar-refractivity contribution is -0.155. The molecule has 4 rings (SSSR count). The second-order valence-corrected chi connectivity index (χ2v) is 14.4. The molecule has 2 aromatic rings. The molecule has 0 aromatic heterocycles. The number of ether oxygens (including phenoxy) is 2. The van der Waals surface area contributed by atoms with E-state index >= 15 is 0 Å². The summed E-state index contributed by atoms with van der Waals surface area (Å²) in [7, 11) is -1.86. The van der Waals surface area contributed by atoms with E-state index in [-0.39, 0.29) is 28.9 Å². The molecule has 0 bridgehead atoms. The largest absolute Gasteiger partial charge is 0.454 e. The zero-order chi connectivity index (χ0) is 20.1. The number of carbonyl (C=O) groups is 1. The lowest BCUT2D eigenvalue weighted by Crippen LogP contribution is -2.43. The predicted molar refractivity (Wildman–Crippen MR) is 113 cm³/mol. The minimum atomic E-state index is -1.86. The van der Waals surface area contributed by atoms with Gasteiger partial charge in [-0.25, -0.2) is 0 Å². The third-order valence-electron chi connectivity index (χ3n) is 6.69. The fourth-order valence-electron chi connectivity index (χ4n) is 4.06. The zero-order valence-corrected chi connectivity index (χ0v) is 18.4. The first-order valence-corrected chi connectivity index (χ1v) is 13.1. The summed E-state index contributed by atoms with van der Waals surface area (Å²) < 4.78 is 18.3. The van der Waals surface area contributed by atoms with Crippen molar-refractivity contribution in [1.29, 1.82) is 0 Å². The van der Waals surface area contributed by atoms with Gasteiger partial charge < -0.3 is 13.9 Å². The Balaban J connectivity index is 1.47. The fraction of sp³-hybridized carbons (Fsp3) is 0.522. The van der Waals surface area contributed by atoms with Gasteiger partial charge >= 0.3 is 5.97 Å². The Morgan fingerprint density at radius 3 is 2.46 bits per heavy atom. The maximum Gasteiger partial charge on any atom is 0.312 e. The van der Waals surface area contributed by atoms with Crippen LogP contribution in [0.3, 0.4) is 0 Å². The summed E-state index contributed by atoms with van der Waals surface area (Å²) in [5.74, 6) is 0.553. The van der Waals surface area contributed by atoms with Crippen molar-refractivity contribution in [3.63, 3.8) is 0 Å². The first-order chi connectivity index (χ1) is 13.1. The molecule has 0 spiro atoms. The number of fused-ring (bicyclic) bond motifs is 2. The zero-order valence-electron chi connectivity index (χ0n) is 17.4. The van der Waals surface area contributed by atoms with Crippen LogP contribution in [0.25, 0.3) is 10.8 Å². The van der Waals surface area contributed by atoms with Crippen LogP contribution in [-0.2, 0) is 14.0 Å². The van der Waals surface area contributed by atoms with E-state index in [0.29, 0.717) is 0 Å². The van der Waals surface area contributed by atoms with E-state index in [4.69, 9.17) is 13.9 Å². The van der Waals surface area contributed by atoms with E-state index in [1.165, 1.54) is 5.39 Å². The van der Waals surface area contributed by atoms with Gasteiger partial charge in [0.25, 0.3) is 0 Å². The van der Waals surface area contributed by atoms with Crippen LogP contribution in [0.1, 0.15) is 33.6 Å². The van der Waals surface area contributed by atoms with E-state index in [1.54, 1.807) is 0 Å². The van der Waals surface area contributed by atoms with Gasteiger partial charge in [-0.1, -0.05) is 51.1 Å². The molecule has 2 fully saturated rings. The van der Waals surface area contributed by atoms with E-state index in [2.05, 4.69) is 46.0 Å². The number of hydrogen-bond acceptors (Lipinski definition) is 4. The normalized spacial score (nSPS) is 27.7. The van der Waals surface area contributed by atoms with Gasteiger partial charge in [-0.15, -0.1) is 0 Å². The van der Waals surface area contributed by atoms with Crippen LogP contribution < -0.4 is 4.74 Å². The van der Waals surface area contributed by atoms with Crippen molar-refractivity contribution in [1.82, 2.24) is 0 Å². The molecule has 5 heteroatoms.